The number of amides is 1. The van der Waals surface area contributed by atoms with E-state index in [1.165, 1.54) is 11.0 Å². The first-order chi connectivity index (χ1) is 12.8. The number of anilines is 1. The van der Waals surface area contributed by atoms with E-state index in [4.69, 9.17) is 5.11 Å². The Morgan fingerprint density at radius 1 is 1.41 bits per heavy atom. The zero-order valence-corrected chi connectivity index (χ0v) is 16.4. The first kappa shape index (κ1) is 19.8. The molecule has 1 aromatic carbocycles. The fourth-order valence-electron chi connectivity index (χ4n) is 3.23. The van der Waals surface area contributed by atoms with Gasteiger partial charge < -0.3 is 20.0 Å². The number of aliphatic hydroxyl groups is 1. The zero-order chi connectivity index (χ0) is 19.6. The van der Waals surface area contributed by atoms with Crippen molar-refractivity contribution in [1.29, 1.82) is 0 Å². The summed E-state index contributed by atoms with van der Waals surface area (Å²) in [5, 5.41) is 12.1. The van der Waals surface area contributed by atoms with Gasteiger partial charge in [0.25, 0.3) is 0 Å². The molecule has 0 aromatic heterocycles. The Labute approximate surface area is 161 Å². The van der Waals surface area contributed by atoms with E-state index < -0.39 is 17.0 Å². The summed E-state index contributed by atoms with van der Waals surface area (Å²) in [6, 6.07) is 4.39. The van der Waals surface area contributed by atoms with Gasteiger partial charge in [0.15, 0.2) is 0 Å². The second-order valence-electron chi connectivity index (χ2n) is 7.35. The topological polar surface area (TPSA) is 81.7 Å². The Morgan fingerprint density at radius 3 is 2.78 bits per heavy atom. The van der Waals surface area contributed by atoms with Crippen LogP contribution in [0.5, 0.6) is 0 Å². The van der Waals surface area contributed by atoms with Crippen molar-refractivity contribution in [3.63, 3.8) is 0 Å². The number of halogens is 1. The maximum Gasteiger partial charge on any atom is 0.228 e. The average Bonchev–Trinajstić information content (AvgIpc) is 3.41. The van der Waals surface area contributed by atoms with Gasteiger partial charge in [-0.2, -0.15) is 0 Å². The molecule has 3 N–H and O–H groups in total. The van der Waals surface area contributed by atoms with Gasteiger partial charge in [0.1, 0.15) is 16.8 Å². The summed E-state index contributed by atoms with van der Waals surface area (Å²) in [5.74, 6) is -0.485. The SMILES string of the molecule is Cc1ccc(NC2CC(=O)N(C)C=C2NS(=O)C2(CCCO)CC2)c(F)c1. The lowest BCUT2D eigenvalue weighted by Gasteiger charge is -2.31. The Balaban J connectivity index is 1.76. The van der Waals surface area contributed by atoms with Crippen LogP contribution in [0.2, 0.25) is 0 Å². The molecule has 1 aliphatic carbocycles. The van der Waals surface area contributed by atoms with Gasteiger partial charge in [-0.25, -0.2) is 8.60 Å². The number of nitrogens with zero attached hydrogens (tertiary/aromatic N) is 1. The molecule has 6 nitrogen and oxygen atoms in total. The van der Waals surface area contributed by atoms with Crippen molar-refractivity contribution in [1.82, 2.24) is 9.62 Å². The molecule has 148 valence electrons. The van der Waals surface area contributed by atoms with Crippen LogP contribution in [0.15, 0.2) is 30.1 Å². The third-order valence-electron chi connectivity index (χ3n) is 5.14. The lowest BCUT2D eigenvalue weighted by atomic mass is 10.1. The van der Waals surface area contributed by atoms with Gasteiger partial charge in [0.05, 0.1) is 28.6 Å². The van der Waals surface area contributed by atoms with Gasteiger partial charge in [-0.3, -0.25) is 4.79 Å². The van der Waals surface area contributed by atoms with Crippen molar-refractivity contribution in [3.05, 3.63) is 41.5 Å². The second kappa shape index (κ2) is 7.98. The fraction of sp³-hybridized carbons (Fsp3) is 0.526. The number of nitrogens with one attached hydrogen (secondary N) is 2. The lowest BCUT2D eigenvalue weighted by Crippen LogP contribution is -2.43. The summed E-state index contributed by atoms with van der Waals surface area (Å²) in [5.41, 5.74) is 1.72. The summed E-state index contributed by atoms with van der Waals surface area (Å²) < 4.78 is 29.8. The molecule has 1 aliphatic heterocycles. The molecule has 0 bridgehead atoms. The number of aryl methyl sites for hydroxylation is 1. The van der Waals surface area contributed by atoms with Crippen molar-refractivity contribution in [3.8, 4) is 0 Å². The Kier molecular flexibility index (Phi) is 5.86. The van der Waals surface area contributed by atoms with Gasteiger partial charge >= 0.3 is 0 Å². The standard InChI is InChI=1S/C19H26FN3O3S/c1-13-4-5-15(14(20)10-13)21-16-11-18(25)23(2)12-17(16)22-27(26)19(7-8-19)6-3-9-24/h4-5,10,12,16,21-22,24H,3,6-9,11H2,1-2H3. The smallest absolute Gasteiger partial charge is 0.228 e. The molecule has 2 aliphatic rings. The largest absolute Gasteiger partial charge is 0.396 e. The average molecular weight is 396 g/mol. The molecule has 1 heterocycles. The van der Waals surface area contributed by atoms with Crippen molar-refractivity contribution >= 4 is 22.6 Å². The van der Waals surface area contributed by atoms with Crippen LogP contribution < -0.4 is 10.0 Å². The number of hydrogen-bond acceptors (Lipinski definition) is 4. The minimum Gasteiger partial charge on any atom is -0.396 e. The summed E-state index contributed by atoms with van der Waals surface area (Å²) in [6.45, 7) is 1.89. The van der Waals surface area contributed by atoms with E-state index >= 15 is 0 Å². The molecule has 2 atom stereocenters. The van der Waals surface area contributed by atoms with Crippen LogP contribution in [0.3, 0.4) is 0 Å². The van der Waals surface area contributed by atoms with Crippen LogP contribution >= 0.6 is 0 Å². The van der Waals surface area contributed by atoms with E-state index in [9.17, 15) is 13.4 Å². The van der Waals surface area contributed by atoms with Crippen molar-refractivity contribution in [2.75, 3.05) is 19.0 Å². The minimum atomic E-state index is -1.33. The van der Waals surface area contributed by atoms with E-state index in [-0.39, 0.29) is 29.5 Å². The molecule has 2 unspecified atom stereocenters. The highest BCUT2D eigenvalue weighted by atomic mass is 32.2. The molecule has 27 heavy (non-hydrogen) atoms. The molecule has 0 saturated heterocycles. The molecule has 3 rings (SSSR count). The zero-order valence-electron chi connectivity index (χ0n) is 15.6. The first-order valence-electron chi connectivity index (χ1n) is 9.14. The molecule has 8 heteroatoms. The quantitative estimate of drug-likeness (QED) is 0.630. The number of carbonyl (C=O) groups excluding carboxylic acids is 1. The summed E-state index contributed by atoms with van der Waals surface area (Å²) in [6.07, 6.45) is 4.76. The van der Waals surface area contributed by atoms with Crippen LogP contribution in [-0.4, -0.2) is 44.6 Å². The molecule has 0 radical (unpaired) electrons. The molecule has 1 fully saturated rings. The predicted octanol–water partition coefficient (Wildman–Crippen LogP) is 2.18. The molecule has 1 aromatic rings. The Bertz CT molecular complexity index is 779. The Hall–Kier alpha value is -1.93. The third kappa shape index (κ3) is 4.50. The van der Waals surface area contributed by atoms with Gasteiger partial charge in [-0.05, 0) is 50.3 Å². The van der Waals surface area contributed by atoms with Crippen molar-refractivity contribution < 1.29 is 18.5 Å². The number of rotatable bonds is 8. The predicted molar refractivity (Wildman–Crippen MR) is 104 cm³/mol. The van der Waals surface area contributed by atoms with E-state index in [1.54, 1.807) is 25.4 Å². The van der Waals surface area contributed by atoms with E-state index in [2.05, 4.69) is 10.0 Å². The first-order valence-corrected chi connectivity index (χ1v) is 10.3. The highest BCUT2D eigenvalue weighted by Gasteiger charge is 2.49. The van der Waals surface area contributed by atoms with E-state index in [0.717, 1.165) is 18.4 Å². The van der Waals surface area contributed by atoms with Crippen LogP contribution in [0.25, 0.3) is 0 Å². The van der Waals surface area contributed by atoms with Crippen LogP contribution in [-0.2, 0) is 15.8 Å². The van der Waals surface area contributed by atoms with Crippen LogP contribution in [0.1, 0.15) is 37.7 Å². The monoisotopic (exact) mass is 395 g/mol. The molecular weight excluding hydrogens is 369 g/mol. The minimum absolute atomic E-state index is 0.0791. The van der Waals surface area contributed by atoms with Crippen molar-refractivity contribution in [2.45, 2.75) is 49.8 Å². The number of hydrogen-bond donors (Lipinski definition) is 3. The van der Waals surface area contributed by atoms with Crippen LogP contribution in [0, 0.1) is 12.7 Å². The van der Waals surface area contributed by atoms with Gasteiger partial charge in [-0.15, -0.1) is 0 Å². The van der Waals surface area contributed by atoms with Crippen molar-refractivity contribution in [2.24, 2.45) is 0 Å². The molecule has 0 spiro atoms. The maximum absolute atomic E-state index is 14.2. The fourth-order valence-corrected chi connectivity index (χ4v) is 4.66. The number of carbonyl (C=O) groups is 1. The highest BCUT2D eigenvalue weighted by molar-refractivity contribution is 7.85. The van der Waals surface area contributed by atoms with Gasteiger partial charge in [-0.1, -0.05) is 6.07 Å². The van der Waals surface area contributed by atoms with Crippen LogP contribution in [0.4, 0.5) is 10.1 Å². The molecular formula is C19H26FN3O3S. The highest BCUT2D eigenvalue weighted by Crippen LogP contribution is 2.45. The molecule has 1 saturated carbocycles. The number of benzene rings is 1. The van der Waals surface area contributed by atoms with E-state index in [0.29, 0.717) is 24.2 Å². The maximum atomic E-state index is 14.2. The summed E-state index contributed by atoms with van der Waals surface area (Å²) >= 11 is 0. The second-order valence-corrected chi connectivity index (χ2v) is 8.96. The Morgan fingerprint density at radius 2 is 2.15 bits per heavy atom. The summed E-state index contributed by atoms with van der Waals surface area (Å²) in [7, 11) is 0.314. The van der Waals surface area contributed by atoms with Gasteiger partial charge in [0, 0.05) is 19.9 Å². The third-order valence-corrected chi connectivity index (χ3v) is 6.96. The van der Waals surface area contributed by atoms with E-state index in [1.807, 2.05) is 6.92 Å². The lowest BCUT2D eigenvalue weighted by molar-refractivity contribution is -0.128. The number of aliphatic hydroxyl groups excluding tert-OH is 1. The van der Waals surface area contributed by atoms with Gasteiger partial charge in [0.2, 0.25) is 5.91 Å². The normalized spacial score (nSPS) is 22.2. The molecule has 1 amide bonds. The summed E-state index contributed by atoms with van der Waals surface area (Å²) in [4.78, 5) is 13.6.